The van der Waals surface area contributed by atoms with Crippen LogP contribution in [0.2, 0.25) is 0 Å². The summed E-state index contributed by atoms with van der Waals surface area (Å²) >= 11 is 1.27. The number of aryl methyl sites for hydroxylation is 1. The van der Waals surface area contributed by atoms with E-state index in [0.29, 0.717) is 23.2 Å². The van der Waals surface area contributed by atoms with E-state index >= 15 is 0 Å². The maximum Gasteiger partial charge on any atom is 0.250 e. The summed E-state index contributed by atoms with van der Waals surface area (Å²) in [5, 5.41) is 0. The van der Waals surface area contributed by atoms with E-state index in [9.17, 15) is 8.42 Å². The Morgan fingerprint density at radius 1 is 1.45 bits per heavy atom. The Kier molecular flexibility index (Phi) is 5.19. The molecule has 0 unspecified atom stereocenters. The van der Waals surface area contributed by atoms with Gasteiger partial charge in [-0.05, 0) is 57.5 Å². The lowest BCUT2D eigenvalue weighted by molar-refractivity contribution is 0.220. The molecule has 0 spiro atoms. The molecule has 0 amide bonds. The third-order valence-corrected chi connectivity index (χ3v) is 7.00. The number of piperidine rings is 1. The van der Waals surface area contributed by atoms with E-state index in [-0.39, 0.29) is 0 Å². The van der Waals surface area contributed by atoms with Crippen LogP contribution in [0.3, 0.4) is 0 Å². The molecule has 1 fully saturated rings. The van der Waals surface area contributed by atoms with Gasteiger partial charge in [0.05, 0.1) is 0 Å². The average molecular weight is 317 g/mol. The second-order valence-electron chi connectivity index (χ2n) is 5.47. The quantitative estimate of drug-likeness (QED) is 0.854. The Morgan fingerprint density at radius 2 is 2.10 bits per heavy atom. The summed E-state index contributed by atoms with van der Waals surface area (Å²) in [6.45, 7) is 4.91. The lowest BCUT2D eigenvalue weighted by Gasteiger charge is -2.28. The van der Waals surface area contributed by atoms with Crippen LogP contribution in [0.1, 0.15) is 23.3 Å². The Balaban J connectivity index is 1.96. The van der Waals surface area contributed by atoms with Crippen LogP contribution in [0.25, 0.3) is 0 Å². The molecule has 2 rings (SSSR count). The highest BCUT2D eigenvalue weighted by Gasteiger charge is 2.22. The molecule has 0 aromatic carbocycles. The van der Waals surface area contributed by atoms with Gasteiger partial charge in [0.15, 0.2) is 0 Å². The SMILES string of the molecule is Cc1cc(S(=O)(=O)NCC2CCN(C)CC2)sc1CN. The molecule has 1 saturated heterocycles. The summed E-state index contributed by atoms with van der Waals surface area (Å²) in [6, 6.07) is 1.71. The number of nitrogens with zero attached hydrogens (tertiary/aromatic N) is 1. The first-order valence-electron chi connectivity index (χ1n) is 6.90. The van der Waals surface area contributed by atoms with E-state index in [1.165, 1.54) is 11.3 Å². The van der Waals surface area contributed by atoms with Gasteiger partial charge in [0.25, 0.3) is 0 Å². The Morgan fingerprint density at radius 3 is 2.65 bits per heavy atom. The molecule has 2 heterocycles. The van der Waals surface area contributed by atoms with Crippen molar-refractivity contribution in [3.8, 4) is 0 Å². The fourth-order valence-corrected chi connectivity index (χ4v) is 5.02. The Bertz CT molecular complexity index is 546. The Hall–Kier alpha value is -0.470. The summed E-state index contributed by atoms with van der Waals surface area (Å²) in [5.74, 6) is 0.441. The van der Waals surface area contributed by atoms with Crippen molar-refractivity contribution >= 4 is 21.4 Å². The average Bonchev–Trinajstić information content (AvgIpc) is 2.80. The van der Waals surface area contributed by atoms with Gasteiger partial charge in [-0.2, -0.15) is 0 Å². The first kappa shape index (κ1) is 15.9. The van der Waals surface area contributed by atoms with Gasteiger partial charge in [-0.25, -0.2) is 13.1 Å². The first-order chi connectivity index (χ1) is 9.42. The van der Waals surface area contributed by atoms with Crippen molar-refractivity contribution in [2.75, 3.05) is 26.7 Å². The topological polar surface area (TPSA) is 75.4 Å². The molecule has 1 aliphatic rings. The second kappa shape index (κ2) is 6.53. The summed E-state index contributed by atoms with van der Waals surface area (Å²) in [7, 11) is -1.29. The van der Waals surface area contributed by atoms with Crippen LogP contribution in [-0.2, 0) is 16.6 Å². The minimum absolute atomic E-state index is 0.378. The van der Waals surface area contributed by atoms with E-state index in [1.807, 2.05) is 6.92 Å². The molecule has 20 heavy (non-hydrogen) atoms. The van der Waals surface area contributed by atoms with Crippen molar-refractivity contribution in [2.24, 2.45) is 11.7 Å². The molecule has 0 saturated carbocycles. The second-order valence-corrected chi connectivity index (χ2v) is 8.60. The molecule has 7 heteroatoms. The van der Waals surface area contributed by atoms with Crippen molar-refractivity contribution in [1.29, 1.82) is 0 Å². The van der Waals surface area contributed by atoms with E-state index in [4.69, 9.17) is 5.73 Å². The lowest BCUT2D eigenvalue weighted by atomic mass is 9.98. The predicted octanol–water partition coefficient (Wildman–Crippen LogP) is 1.14. The molecule has 0 atom stereocenters. The maximum absolute atomic E-state index is 12.3. The highest BCUT2D eigenvalue weighted by Crippen LogP contribution is 2.25. The molecular formula is C13H23N3O2S2. The summed E-state index contributed by atoms with van der Waals surface area (Å²) in [5.41, 5.74) is 6.56. The third kappa shape index (κ3) is 3.79. The van der Waals surface area contributed by atoms with Gasteiger partial charge in [0, 0.05) is 18.0 Å². The number of likely N-dealkylation sites (tertiary alicyclic amines) is 1. The van der Waals surface area contributed by atoms with Crippen molar-refractivity contribution in [1.82, 2.24) is 9.62 Å². The minimum atomic E-state index is -3.39. The van der Waals surface area contributed by atoms with E-state index < -0.39 is 10.0 Å². The molecule has 5 nitrogen and oxygen atoms in total. The van der Waals surface area contributed by atoms with Gasteiger partial charge >= 0.3 is 0 Å². The molecule has 0 bridgehead atoms. The zero-order valence-corrected chi connectivity index (χ0v) is 13.7. The summed E-state index contributed by atoms with van der Waals surface area (Å²) < 4.78 is 27.7. The summed E-state index contributed by atoms with van der Waals surface area (Å²) in [6.07, 6.45) is 2.10. The lowest BCUT2D eigenvalue weighted by Crippen LogP contribution is -2.36. The van der Waals surface area contributed by atoms with E-state index in [1.54, 1.807) is 6.07 Å². The molecule has 0 radical (unpaired) electrons. The predicted molar refractivity (Wildman–Crippen MR) is 82.4 cm³/mol. The molecular weight excluding hydrogens is 294 g/mol. The fraction of sp³-hybridized carbons (Fsp3) is 0.692. The van der Waals surface area contributed by atoms with E-state index in [2.05, 4.69) is 16.7 Å². The minimum Gasteiger partial charge on any atom is -0.326 e. The number of rotatable bonds is 5. The molecule has 3 N–H and O–H groups in total. The van der Waals surface area contributed by atoms with Crippen LogP contribution >= 0.6 is 11.3 Å². The highest BCUT2D eigenvalue weighted by atomic mass is 32.2. The normalized spacial score (nSPS) is 18.6. The number of nitrogens with two attached hydrogens (primary N) is 1. The smallest absolute Gasteiger partial charge is 0.250 e. The molecule has 114 valence electrons. The number of hydrogen-bond donors (Lipinski definition) is 2. The Labute approximate surface area is 125 Å². The first-order valence-corrected chi connectivity index (χ1v) is 9.20. The van der Waals surface area contributed by atoms with Gasteiger partial charge in [-0.1, -0.05) is 0 Å². The standard InChI is InChI=1S/C13H23N3O2S2/c1-10-7-13(19-12(10)8-14)20(17,18)15-9-11-3-5-16(2)6-4-11/h7,11,15H,3-6,8-9,14H2,1-2H3. The zero-order valence-electron chi connectivity index (χ0n) is 12.1. The molecule has 0 aliphatic carbocycles. The van der Waals surface area contributed by atoms with Crippen LogP contribution in [0, 0.1) is 12.8 Å². The fourth-order valence-electron chi connectivity index (χ4n) is 2.39. The number of sulfonamides is 1. The van der Waals surface area contributed by atoms with Gasteiger partial charge in [0.1, 0.15) is 4.21 Å². The van der Waals surface area contributed by atoms with Gasteiger partial charge in [-0.3, -0.25) is 0 Å². The van der Waals surface area contributed by atoms with Crippen LogP contribution < -0.4 is 10.5 Å². The molecule has 1 aromatic rings. The molecule has 1 aliphatic heterocycles. The maximum atomic E-state index is 12.3. The van der Waals surface area contributed by atoms with Crippen LogP contribution in [0.5, 0.6) is 0 Å². The van der Waals surface area contributed by atoms with Crippen molar-refractivity contribution in [3.63, 3.8) is 0 Å². The number of nitrogens with one attached hydrogen (secondary N) is 1. The summed E-state index contributed by atoms with van der Waals surface area (Å²) in [4.78, 5) is 3.21. The monoisotopic (exact) mass is 317 g/mol. The van der Waals surface area contributed by atoms with Gasteiger partial charge < -0.3 is 10.6 Å². The van der Waals surface area contributed by atoms with Crippen molar-refractivity contribution in [2.45, 2.75) is 30.5 Å². The van der Waals surface area contributed by atoms with Crippen LogP contribution in [0.15, 0.2) is 10.3 Å². The van der Waals surface area contributed by atoms with Crippen molar-refractivity contribution in [3.05, 3.63) is 16.5 Å². The van der Waals surface area contributed by atoms with Gasteiger partial charge in [-0.15, -0.1) is 11.3 Å². The zero-order chi connectivity index (χ0) is 14.8. The highest BCUT2D eigenvalue weighted by molar-refractivity contribution is 7.91. The number of hydrogen-bond acceptors (Lipinski definition) is 5. The van der Waals surface area contributed by atoms with Gasteiger partial charge in [0.2, 0.25) is 10.0 Å². The third-order valence-electron chi connectivity index (χ3n) is 3.85. The largest absolute Gasteiger partial charge is 0.326 e. The molecule has 1 aromatic heterocycles. The van der Waals surface area contributed by atoms with Crippen LogP contribution in [0.4, 0.5) is 0 Å². The van der Waals surface area contributed by atoms with E-state index in [0.717, 1.165) is 36.4 Å². The number of thiophene rings is 1. The van der Waals surface area contributed by atoms with Crippen molar-refractivity contribution < 1.29 is 8.42 Å². The van der Waals surface area contributed by atoms with Crippen LogP contribution in [-0.4, -0.2) is 40.0 Å².